The SMILES string of the molecule is CCCCCCCCCCCC(=S)O[C@@H]1CO[C@@H]([C@@H](O)CO)[C@H]1O. The molecular formula is C18H34O5S. The van der Waals surface area contributed by atoms with Gasteiger partial charge in [-0.2, -0.15) is 0 Å². The van der Waals surface area contributed by atoms with E-state index in [-0.39, 0.29) is 6.61 Å². The summed E-state index contributed by atoms with van der Waals surface area (Å²) >= 11 is 5.22. The van der Waals surface area contributed by atoms with Gasteiger partial charge in [0, 0.05) is 6.42 Å². The highest BCUT2D eigenvalue weighted by molar-refractivity contribution is 7.80. The fourth-order valence-corrected chi connectivity index (χ4v) is 3.24. The molecule has 0 aromatic heterocycles. The molecule has 1 heterocycles. The van der Waals surface area contributed by atoms with Crippen molar-refractivity contribution >= 4 is 17.3 Å². The van der Waals surface area contributed by atoms with E-state index in [1.54, 1.807) is 0 Å². The Balaban J connectivity index is 2.04. The lowest BCUT2D eigenvalue weighted by atomic mass is 10.1. The first-order valence-electron chi connectivity index (χ1n) is 9.38. The Kier molecular flexibility index (Phi) is 11.8. The third-order valence-corrected chi connectivity index (χ3v) is 4.80. The van der Waals surface area contributed by atoms with Gasteiger partial charge in [-0.1, -0.05) is 58.3 Å². The van der Waals surface area contributed by atoms with Crippen molar-refractivity contribution in [2.75, 3.05) is 13.2 Å². The highest BCUT2D eigenvalue weighted by Crippen LogP contribution is 2.21. The molecule has 6 heteroatoms. The largest absolute Gasteiger partial charge is 0.479 e. The van der Waals surface area contributed by atoms with Gasteiger partial charge in [-0.15, -0.1) is 0 Å². The molecule has 3 N–H and O–H groups in total. The maximum absolute atomic E-state index is 10.0. The van der Waals surface area contributed by atoms with Crippen LogP contribution >= 0.6 is 12.2 Å². The molecule has 1 saturated heterocycles. The zero-order valence-corrected chi connectivity index (χ0v) is 15.7. The molecule has 0 spiro atoms. The first-order chi connectivity index (χ1) is 11.6. The summed E-state index contributed by atoms with van der Waals surface area (Å²) in [6, 6.07) is 0. The number of ether oxygens (including phenoxy) is 2. The lowest BCUT2D eigenvalue weighted by molar-refractivity contribution is -0.0679. The number of rotatable bonds is 13. The van der Waals surface area contributed by atoms with Crippen molar-refractivity contribution in [3.8, 4) is 0 Å². The predicted octanol–water partition coefficient (Wildman–Crippen LogP) is 2.73. The van der Waals surface area contributed by atoms with Crippen molar-refractivity contribution in [2.24, 2.45) is 0 Å². The molecule has 0 unspecified atom stereocenters. The second-order valence-electron chi connectivity index (χ2n) is 6.65. The number of aliphatic hydroxyl groups excluding tert-OH is 3. The molecule has 4 atom stereocenters. The second kappa shape index (κ2) is 13.0. The molecule has 0 amide bonds. The van der Waals surface area contributed by atoms with Gasteiger partial charge in [0.05, 0.1) is 13.2 Å². The van der Waals surface area contributed by atoms with Crippen LogP contribution in [-0.4, -0.2) is 58.0 Å². The van der Waals surface area contributed by atoms with Crippen LogP contribution in [0.25, 0.3) is 0 Å². The van der Waals surface area contributed by atoms with Gasteiger partial charge in [0.2, 0.25) is 0 Å². The molecule has 1 aliphatic rings. The molecule has 1 rings (SSSR count). The van der Waals surface area contributed by atoms with E-state index in [1.165, 1.54) is 44.9 Å². The summed E-state index contributed by atoms with van der Waals surface area (Å²) in [5, 5.41) is 29.0. The van der Waals surface area contributed by atoms with Crippen LogP contribution in [0.2, 0.25) is 0 Å². The Morgan fingerprint density at radius 3 is 2.29 bits per heavy atom. The van der Waals surface area contributed by atoms with Crippen molar-refractivity contribution in [3.63, 3.8) is 0 Å². The van der Waals surface area contributed by atoms with Crippen molar-refractivity contribution in [2.45, 2.75) is 95.5 Å². The van der Waals surface area contributed by atoms with E-state index in [4.69, 9.17) is 26.8 Å². The Bertz CT molecular complexity index is 339. The maximum Gasteiger partial charge on any atom is 0.160 e. The number of hydrogen-bond acceptors (Lipinski definition) is 6. The molecule has 0 aromatic carbocycles. The van der Waals surface area contributed by atoms with Gasteiger partial charge in [-0.25, -0.2) is 0 Å². The fourth-order valence-electron chi connectivity index (χ4n) is 2.97. The van der Waals surface area contributed by atoms with Crippen LogP contribution in [0.4, 0.5) is 0 Å². The van der Waals surface area contributed by atoms with Crippen molar-refractivity contribution in [1.82, 2.24) is 0 Å². The van der Waals surface area contributed by atoms with E-state index in [9.17, 15) is 10.2 Å². The highest BCUT2D eigenvalue weighted by atomic mass is 32.1. The van der Waals surface area contributed by atoms with Gasteiger partial charge < -0.3 is 24.8 Å². The molecular weight excluding hydrogens is 328 g/mol. The monoisotopic (exact) mass is 362 g/mol. The molecule has 24 heavy (non-hydrogen) atoms. The Labute approximate surface area is 151 Å². The zero-order chi connectivity index (χ0) is 17.8. The van der Waals surface area contributed by atoms with E-state index in [0.717, 1.165) is 12.8 Å². The molecule has 1 aliphatic heterocycles. The van der Waals surface area contributed by atoms with Crippen LogP contribution < -0.4 is 0 Å². The van der Waals surface area contributed by atoms with Gasteiger partial charge in [0.1, 0.15) is 18.3 Å². The molecule has 0 aromatic rings. The van der Waals surface area contributed by atoms with Gasteiger partial charge in [0.25, 0.3) is 0 Å². The van der Waals surface area contributed by atoms with E-state index in [0.29, 0.717) is 11.5 Å². The van der Waals surface area contributed by atoms with Gasteiger partial charge >= 0.3 is 0 Å². The van der Waals surface area contributed by atoms with Crippen LogP contribution in [-0.2, 0) is 9.47 Å². The Morgan fingerprint density at radius 2 is 1.71 bits per heavy atom. The third-order valence-electron chi connectivity index (χ3n) is 4.50. The topological polar surface area (TPSA) is 79.2 Å². The summed E-state index contributed by atoms with van der Waals surface area (Å²) < 4.78 is 10.9. The summed E-state index contributed by atoms with van der Waals surface area (Å²) in [6.45, 7) is 1.97. The van der Waals surface area contributed by atoms with Gasteiger partial charge in [0.15, 0.2) is 11.2 Å². The number of aliphatic hydroxyl groups is 3. The van der Waals surface area contributed by atoms with Crippen LogP contribution in [0.5, 0.6) is 0 Å². The fraction of sp³-hybridized carbons (Fsp3) is 0.944. The summed E-state index contributed by atoms with van der Waals surface area (Å²) in [5.74, 6) is 0. The molecule has 0 radical (unpaired) electrons. The van der Waals surface area contributed by atoms with Crippen LogP contribution in [0.3, 0.4) is 0 Å². The first kappa shape index (κ1) is 21.8. The second-order valence-corrected chi connectivity index (χ2v) is 7.10. The lowest BCUT2D eigenvalue weighted by Crippen LogP contribution is -2.41. The Hall–Kier alpha value is -0.270. The summed E-state index contributed by atoms with van der Waals surface area (Å²) in [7, 11) is 0. The first-order valence-corrected chi connectivity index (χ1v) is 9.79. The molecule has 0 saturated carbocycles. The lowest BCUT2D eigenvalue weighted by Gasteiger charge is -2.21. The minimum absolute atomic E-state index is 0.181. The number of unbranched alkanes of at least 4 members (excludes halogenated alkanes) is 8. The molecule has 5 nitrogen and oxygen atoms in total. The van der Waals surface area contributed by atoms with Gasteiger partial charge in [-0.05, 0) is 18.6 Å². The van der Waals surface area contributed by atoms with Gasteiger partial charge in [-0.3, -0.25) is 0 Å². The smallest absolute Gasteiger partial charge is 0.160 e. The molecule has 0 aliphatic carbocycles. The summed E-state index contributed by atoms with van der Waals surface area (Å²) in [6.07, 6.45) is 8.60. The number of hydrogen-bond donors (Lipinski definition) is 3. The average Bonchev–Trinajstić information content (AvgIpc) is 2.93. The van der Waals surface area contributed by atoms with Crippen LogP contribution in [0.1, 0.15) is 71.1 Å². The minimum atomic E-state index is -1.10. The van der Waals surface area contributed by atoms with Crippen molar-refractivity contribution in [3.05, 3.63) is 0 Å². The van der Waals surface area contributed by atoms with Crippen LogP contribution in [0, 0.1) is 0 Å². The predicted molar refractivity (Wildman–Crippen MR) is 98.2 cm³/mol. The molecule has 1 fully saturated rings. The van der Waals surface area contributed by atoms with E-state index < -0.39 is 31.0 Å². The highest BCUT2D eigenvalue weighted by Gasteiger charge is 2.41. The quantitative estimate of drug-likeness (QED) is 0.345. The average molecular weight is 363 g/mol. The van der Waals surface area contributed by atoms with Crippen LogP contribution in [0.15, 0.2) is 0 Å². The standard InChI is InChI=1S/C18H34O5S/c1-2-3-4-5-6-7-8-9-10-11-16(24)23-15-13-22-18(17(15)21)14(20)12-19/h14-15,17-21H,2-13H2,1H3/t14-,15+,17-,18-/m0/s1. The van der Waals surface area contributed by atoms with Crippen molar-refractivity contribution < 1.29 is 24.8 Å². The summed E-state index contributed by atoms with van der Waals surface area (Å²) in [4.78, 5) is 0. The zero-order valence-electron chi connectivity index (χ0n) is 14.9. The minimum Gasteiger partial charge on any atom is -0.479 e. The van der Waals surface area contributed by atoms with Crippen molar-refractivity contribution in [1.29, 1.82) is 0 Å². The van der Waals surface area contributed by atoms with E-state index in [1.807, 2.05) is 0 Å². The molecule has 0 bridgehead atoms. The van der Waals surface area contributed by atoms with E-state index in [2.05, 4.69) is 6.92 Å². The maximum atomic E-state index is 10.0. The third kappa shape index (κ3) is 8.21. The summed E-state index contributed by atoms with van der Waals surface area (Å²) in [5.41, 5.74) is 0. The van der Waals surface area contributed by atoms with E-state index >= 15 is 0 Å². The number of thiocarbonyl (C=S) groups is 1. The molecule has 142 valence electrons. The Morgan fingerprint density at radius 1 is 1.12 bits per heavy atom. The normalized spacial score (nSPS) is 24.9.